The first-order valence-corrected chi connectivity index (χ1v) is 8.38. The van der Waals surface area contributed by atoms with Crippen molar-refractivity contribution in [3.05, 3.63) is 52.4 Å². The number of hydrogen-bond acceptors (Lipinski definition) is 4. The zero-order valence-electron chi connectivity index (χ0n) is 12.7. The Kier molecular flexibility index (Phi) is 5.33. The van der Waals surface area contributed by atoms with Crippen LogP contribution in [0.25, 0.3) is 0 Å². The van der Waals surface area contributed by atoms with E-state index in [1.807, 2.05) is 12.1 Å². The molecule has 1 aliphatic rings. The number of amides is 1. The Labute approximate surface area is 149 Å². The molecule has 1 amide bonds. The summed E-state index contributed by atoms with van der Waals surface area (Å²) in [7, 11) is 0. The van der Waals surface area contributed by atoms with Crippen molar-refractivity contribution in [2.75, 3.05) is 13.2 Å². The summed E-state index contributed by atoms with van der Waals surface area (Å²) in [5.41, 5.74) is 0. The fourth-order valence-corrected chi connectivity index (χ4v) is 2.84. The molecule has 2 aromatic rings. The van der Waals surface area contributed by atoms with E-state index in [2.05, 4.69) is 5.32 Å². The molecule has 7 heteroatoms. The number of benzene rings is 1. The third-order valence-electron chi connectivity index (χ3n) is 3.90. The molecule has 5 nitrogen and oxygen atoms in total. The summed E-state index contributed by atoms with van der Waals surface area (Å²) < 4.78 is 10.7. The van der Waals surface area contributed by atoms with Crippen LogP contribution in [0.15, 0.2) is 41.0 Å². The second-order valence-electron chi connectivity index (χ2n) is 5.73. The summed E-state index contributed by atoms with van der Waals surface area (Å²) in [5, 5.41) is 13.4. The van der Waals surface area contributed by atoms with Crippen molar-refractivity contribution in [1.82, 2.24) is 5.32 Å². The van der Waals surface area contributed by atoms with Crippen molar-refractivity contribution in [1.29, 1.82) is 0 Å². The molecule has 0 aliphatic heterocycles. The fourth-order valence-electron chi connectivity index (χ4n) is 2.49. The maximum atomic E-state index is 12.0. The first-order valence-electron chi connectivity index (χ1n) is 7.62. The Morgan fingerprint density at radius 3 is 2.96 bits per heavy atom. The minimum Gasteiger partial charge on any atom is -0.489 e. The lowest BCUT2D eigenvalue weighted by Crippen LogP contribution is -2.36. The Hall–Kier alpha value is -1.69. The van der Waals surface area contributed by atoms with Crippen LogP contribution in [0.1, 0.15) is 18.1 Å². The summed E-state index contributed by atoms with van der Waals surface area (Å²) >= 11 is 11.9. The molecule has 0 bridgehead atoms. The molecule has 3 rings (SSSR count). The number of nitrogens with one attached hydrogen (secondary N) is 1. The Balaban J connectivity index is 1.40. The van der Waals surface area contributed by atoms with Crippen LogP contribution in [0.3, 0.4) is 0 Å². The predicted octanol–water partition coefficient (Wildman–Crippen LogP) is 3.25. The number of ether oxygens (including phenoxy) is 1. The topological polar surface area (TPSA) is 71.7 Å². The molecule has 24 heavy (non-hydrogen) atoms. The maximum Gasteiger partial charge on any atom is 0.223 e. The monoisotopic (exact) mass is 369 g/mol. The maximum absolute atomic E-state index is 12.0. The molecular formula is C17H17Cl2NO4. The van der Waals surface area contributed by atoms with Crippen molar-refractivity contribution in [2.45, 2.75) is 18.4 Å². The van der Waals surface area contributed by atoms with Gasteiger partial charge >= 0.3 is 0 Å². The molecule has 1 heterocycles. The second-order valence-corrected chi connectivity index (χ2v) is 6.51. The number of furan rings is 1. The number of aliphatic hydroxyl groups excluding tert-OH is 1. The van der Waals surface area contributed by atoms with Crippen LogP contribution in [-0.4, -0.2) is 30.3 Å². The van der Waals surface area contributed by atoms with Gasteiger partial charge in [0.1, 0.15) is 29.2 Å². The Morgan fingerprint density at radius 1 is 1.38 bits per heavy atom. The summed E-state index contributed by atoms with van der Waals surface area (Å²) in [4.78, 5) is 12.0. The van der Waals surface area contributed by atoms with Crippen LogP contribution in [-0.2, 0) is 4.79 Å². The van der Waals surface area contributed by atoms with E-state index in [0.717, 1.165) is 12.2 Å². The third kappa shape index (κ3) is 4.04. The molecule has 128 valence electrons. The van der Waals surface area contributed by atoms with Crippen molar-refractivity contribution < 1.29 is 19.1 Å². The van der Waals surface area contributed by atoms with Crippen LogP contribution < -0.4 is 10.1 Å². The van der Waals surface area contributed by atoms with Crippen molar-refractivity contribution in [2.24, 2.45) is 5.92 Å². The highest BCUT2D eigenvalue weighted by atomic mass is 35.5. The van der Waals surface area contributed by atoms with E-state index in [9.17, 15) is 9.90 Å². The van der Waals surface area contributed by atoms with Crippen molar-refractivity contribution in [3.63, 3.8) is 0 Å². The first-order chi connectivity index (χ1) is 11.6. The van der Waals surface area contributed by atoms with Gasteiger partial charge in [-0.1, -0.05) is 29.3 Å². The van der Waals surface area contributed by atoms with E-state index in [4.69, 9.17) is 32.4 Å². The molecule has 1 aliphatic carbocycles. The van der Waals surface area contributed by atoms with Gasteiger partial charge < -0.3 is 19.6 Å². The molecule has 0 radical (unpaired) electrons. The lowest BCUT2D eigenvalue weighted by atomic mass is 10.2. The van der Waals surface area contributed by atoms with E-state index in [-0.39, 0.29) is 30.9 Å². The summed E-state index contributed by atoms with van der Waals surface area (Å²) in [5.74, 6) is 1.19. The number of rotatable bonds is 7. The minimum atomic E-state index is -0.843. The number of carbonyl (C=O) groups excluding carboxylic acids is 1. The zero-order valence-corrected chi connectivity index (χ0v) is 14.3. The van der Waals surface area contributed by atoms with Gasteiger partial charge in [-0.2, -0.15) is 0 Å². The molecule has 2 N–H and O–H groups in total. The number of hydrogen-bond donors (Lipinski definition) is 2. The number of aliphatic hydroxyl groups is 1. The van der Waals surface area contributed by atoms with Gasteiger partial charge in [0.25, 0.3) is 0 Å². The quantitative estimate of drug-likeness (QED) is 0.785. The SMILES string of the molecule is O=C(NC[C@H](O)COc1cccc(Cl)c1Cl)[C@@H]1C[C@H]1c1ccco1. The number of halogens is 2. The molecule has 1 aromatic carbocycles. The molecule has 3 atom stereocenters. The standard InChI is InChI=1S/C17H17Cl2NO4/c18-13-3-1-4-15(16(13)19)24-9-10(21)8-20-17(22)12-7-11(12)14-5-2-6-23-14/h1-6,10-12,21H,7-9H2,(H,20,22)/t10-,11+,12+/m0/s1. The molecule has 0 unspecified atom stereocenters. The highest BCUT2D eigenvalue weighted by Gasteiger charge is 2.45. The molecular weight excluding hydrogens is 353 g/mol. The average molecular weight is 370 g/mol. The van der Waals surface area contributed by atoms with Crippen LogP contribution in [0, 0.1) is 5.92 Å². The summed E-state index contributed by atoms with van der Waals surface area (Å²) in [6, 6.07) is 8.70. The largest absolute Gasteiger partial charge is 0.489 e. The number of carbonyl (C=O) groups is 1. The highest BCUT2D eigenvalue weighted by Crippen LogP contribution is 2.47. The van der Waals surface area contributed by atoms with Crippen LogP contribution in [0.4, 0.5) is 0 Å². The smallest absolute Gasteiger partial charge is 0.223 e. The summed E-state index contributed by atoms with van der Waals surface area (Å²) in [6.07, 6.45) is 1.53. The van der Waals surface area contributed by atoms with Gasteiger partial charge in [0.15, 0.2) is 0 Å². The van der Waals surface area contributed by atoms with Crippen molar-refractivity contribution >= 4 is 29.1 Å². The van der Waals surface area contributed by atoms with E-state index in [1.165, 1.54) is 0 Å². The van der Waals surface area contributed by atoms with Crippen LogP contribution in [0.5, 0.6) is 5.75 Å². The summed E-state index contributed by atoms with van der Waals surface area (Å²) in [6.45, 7) is 0.116. The van der Waals surface area contributed by atoms with E-state index >= 15 is 0 Å². The van der Waals surface area contributed by atoms with E-state index < -0.39 is 6.10 Å². The lowest BCUT2D eigenvalue weighted by Gasteiger charge is -2.14. The first kappa shape index (κ1) is 17.1. The van der Waals surface area contributed by atoms with Crippen molar-refractivity contribution in [3.8, 4) is 5.75 Å². The molecule has 1 fully saturated rings. The Morgan fingerprint density at radius 2 is 2.21 bits per heavy atom. The van der Waals surface area contributed by atoms with Crippen LogP contribution in [0.2, 0.25) is 10.0 Å². The molecule has 1 saturated carbocycles. The van der Waals surface area contributed by atoms with Gasteiger partial charge in [-0.05, 0) is 30.7 Å². The molecule has 0 spiro atoms. The second kappa shape index (κ2) is 7.47. The normalized spacial score (nSPS) is 20.5. The minimum absolute atomic E-state index is 0.00657. The average Bonchev–Trinajstić information content (AvgIpc) is 3.19. The van der Waals surface area contributed by atoms with Gasteiger partial charge in [0.05, 0.1) is 11.3 Å². The van der Waals surface area contributed by atoms with Gasteiger partial charge in [-0.15, -0.1) is 0 Å². The zero-order chi connectivity index (χ0) is 17.1. The van der Waals surface area contributed by atoms with E-state index in [1.54, 1.807) is 24.5 Å². The van der Waals surface area contributed by atoms with Gasteiger partial charge in [0.2, 0.25) is 5.91 Å². The van der Waals surface area contributed by atoms with Gasteiger partial charge in [-0.25, -0.2) is 0 Å². The fraction of sp³-hybridized carbons (Fsp3) is 0.353. The van der Waals surface area contributed by atoms with E-state index in [0.29, 0.717) is 15.8 Å². The molecule has 1 aromatic heterocycles. The highest BCUT2D eigenvalue weighted by molar-refractivity contribution is 6.42. The van der Waals surface area contributed by atoms with Crippen LogP contribution >= 0.6 is 23.2 Å². The molecule has 0 saturated heterocycles. The van der Waals surface area contributed by atoms with Gasteiger partial charge in [-0.3, -0.25) is 4.79 Å². The lowest BCUT2D eigenvalue weighted by molar-refractivity contribution is -0.123. The predicted molar refractivity (Wildman–Crippen MR) is 90.5 cm³/mol. The van der Waals surface area contributed by atoms with Gasteiger partial charge in [0, 0.05) is 18.4 Å². The Bertz CT molecular complexity index is 705. The third-order valence-corrected chi connectivity index (χ3v) is 4.70.